The molecule has 9 rings (SSSR count). The molecular formula is C47H49N5. The predicted octanol–water partition coefficient (Wildman–Crippen LogP) is 12.0. The summed E-state index contributed by atoms with van der Waals surface area (Å²) in [5.74, 6) is 1.02. The molecule has 52 heavy (non-hydrogen) atoms. The number of fused-ring (bicyclic) bond motifs is 6. The number of benzene rings is 4. The van der Waals surface area contributed by atoms with Gasteiger partial charge in [0.15, 0.2) is 0 Å². The monoisotopic (exact) mass is 683 g/mol. The van der Waals surface area contributed by atoms with E-state index in [1.807, 2.05) is 6.20 Å². The molecule has 4 aromatic carbocycles. The summed E-state index contributed by atoms with van der Waals surface area (Å²) in [6.07, 6.45) is 1.96. The summed E-state index contributed by atoms with van der Waals surface area (Å²) >= 11 is 0. The third-order valence-corrected chi connectivity index (χ3v) is 12.3. The van der Waals surface area contributed by atoms with Crippen molar-refractivity contribution < 1.29 is 0 Å². The predicted molar refractivity (Wildman–Crippen MR) is 215 cm³/mol. The van der Waals surface area contributed by atoms with Crippen LogP contribution in [0, 0.1) is 13.8 Å². The van der Waals surface area contributed by atoms with E-state index in [0.717, 1.165) is 28.6 Å². The van der Waals surface area contributed by atoms with Gasteiger partial charge in [0, 0.05) is 39.4 Å². The highest BCUT2D eigenvalue weighted by Gasteiger charge is 2.48. The quantitative estimate of drug-likeness (QED) is 0.182. The Balaban J connectivity index is 1.36. The molecule has 6 aromatic rings. The van der Waals surface area contributed by atoms with Crippen LogP contribution in [0.5, 0.6) is 0 Å². The lowest BCUT2D eigenvalue weighted by atomic mass is 9.64. The topological polar surface area (TPSA) is 37.2 Å². The molecule has 0 spiro atoms. The van der Waals surface area contributed by atoms with Gasteiger partial charge in [0.1, 0.15) is 5.82 Å². The molecule has 5 heteroatoms. The fraction of sp³-hybridized carbons (Fsp3) is 0.319. The van der Waals surface area contributed by atoms with Gasteiger partial charge >= 0.3 is 0 Å². The van der Waals surface area contributed by atoms with Crippen LogP contribution < -0.4 is 9.80 Å². The van der Waals surface area contributed by atoms with Crippen molar-refractivity contribution in [2.24, 2.45) is 0 Å². The number of anilines is 6. The fourth-order valence-electron chi connectivity index (χ4n) is 9.31. The van der Waals surface area contributed by atoms with Crippen LogP contribution in [-0.4, -0.2) is 14.8 Å². The molecular weight excluding hydrogens is 635 g/mol. The maximum Gasteiger partial charge on any atom is 0.141 e. The summed E-state index contributed by atoms with van der Waals surface area (Å²) in [5.41, 5.74) is 17.8. The van der Waals surface area contributed by atoms with Crippen molar-refractivity contribution in [2.75, 3.05) is 9.80 Å². The van der Waals surface area contributed by atoms with Gasteiger partial charge in [-0.25, -0.2) is 9.67 Å². The first-order chi connectivity index (χ1) is 24.5. The smallest absolute Gasteiger partial charge is 0.141 e. The zero-order chi connectivity index (χ0) is 36.7. The van der Waals surface area contributed by atoms with E-state index in [1.54, 1.807) is 0 Å². The molecule has 0 unspecified atom stereocenters. The first kappa shape index (κ1) is 32.7. The van der Waals surface area contributed by atoms with E-state index in [1.165, 1.54) is 61.7 Å². The van der Waals surface area contributed by atoms with Gasteiger partial charge in [0.25, 0.3) is 0 Å². The zero-order valence-corrected chi connectivity index (χ0v) is 32.5. The highest BCUT2D eigenvalue weighted by atomic mass is 15.3. The van der Waals surface area contributed by atoms with Crippen molar-refractivity contribution in [2.45, 2.75) is 97.8 Å². The summed E-state index contributed by atoms with van der Waals surface area (Å²) < 4.78 is 2.05. The first-order valence-corrected chi connectivity index (χ1v) is 18.7. The van der Waals surface area contributed by atoms with Crippen LogP contribution in [0.15, 0.2) is 97.2 Å². The number of para-hydroxylation sites is 1. The van der Waals surface area contributed by atoms with Crippen LogP contribution in [0.4, 0.5) is 34.3 Å². The van der Waals surface area contributed by atoms with E-state index < -0.39 is 0 Å². The summed E-state index contributed by atoms with van der Waals surface area (Å²) in [7, 11) is 0. The molecule has 3 aliphatic rings. The van der Waals surface area contributed by atoms with Crippen molar-refractivity contribution in [1.82, 2.24) is 14.8 Å². The Morgan fingerprint density at radius 1 is 0.538 bits per heavy atom. The molecule has 0 fully saturated rings. The van der Waals surface area contributed by atoms with E-state index >= 15 is 0 Å². The number of aryl methyl sites for hydroxylation is 2. The zero-order valence-electron chi connectivity index (χ0n) is 32.5. The Morgan fingerprint density at radius 3 is 1.83 bits per heavy atom. The van der Waals surface area contributed by atoms with Crippen LogP contribution in [0.2, 0.25) is 0 Å². The second kappa shape index (κ2) is 10.5. The minimum absolute atomic E-state index is 0.00200. The van der Waals surface area contributed by atoms with Gasteiger partial charge in [-0.15, -0.1) is 0 Å². The Labute approximate surface area is 309 Å². The highest BCUT2D eigenvalue weighted by Crippen LogP contribution is 2.63. The van der Waals surface area contributed by atoms with Crippen molar-refractivity contribution in [3.05, 3.63) is 148 Å². The lowest BCUT2D eigenvalue weighted by molar-refractivity contribution is 0.560. The van der Waals surface area contributed by atoms with Gasteiger partial charge in [-0.3, -0.25) is 4.90 Å². The molecule has 5 nitrogen and oxygen atoms in total. The van der Waals surface area contributed by atoms with E-state index in [-0.39, 0.29) is 21.7 Å². The molecule has 3 aliphatic heterocycles. The minimum atomic E-state index is -0.262. The van der Waals surface area contributed by atoms with Gasteiger partial charge in [-0.1, -0.05) is 105 Å². The SMILES string of the molecule is Cc1cc(C)n(-c2cccc(N3c4ccccc4C(C)(C)c4cc5c(cc43)N3c4ncccc4C(C)(C)c4cc(C(C)(C)C)cc(c43)C5(C)C)c2)n1. The van der Waals surface area contributed by atoms with Gasteiger partial charge in [0.05, 0.1) is 34.1 Å². The molecule has 0 saturated carbocycles. The number of hydrogen-bond donors (Lipinski definition) is 0. The third kappa shape index (κ3) is 4.34. The third-order valence-electron chi connectivity index (χ3n) is 12.3. The Morgan fingerprint density at radius 2 is 1.15 bits per heavy atom. The van der Waals surface area contributed by atoms with Gasteiger partial charge in [-0.05, 0) is 101 Å². The number of nitrogens with zero attached hydrogens (tertiary/aromatic N) is 5. The van der Waals surface area contributed by atoms with Crippen molar-refractivity contribution in [1.29, 1.82) is 0 Å². The lowest BCUT2D eigenvalue weighted by Crippen LogP contribution is -2.40. The molecule has 0 saturated heterocycles. The normalized spacial score (nSPS) is 17.1. The second-order valence-electron chi connectivity index (χ2n) is 17.9. The van der Waals surface area contributed by atoms with Gasteiger partial charge in [-0.2, -0.15) is 5.10 Å². The van der Waals surface area contributed by atoms with Crippen molar-refractivity contribution in [3.8, 4) is 5.69 Å². The maximum absolute atomic E-state index is 5.17. The highest BCUT2D eigenvalue weighted by molar-refractivity contribution is 5.96. The van der Waals surface area contributed by atoms with Crippen LogP contribution in [-0.2, 0) is 21.7 Å². The van der Waals surface area contributed by atoms with Gasteiger partial charge in [0.2, 0.25) is 0 Å². The average Bonchev–Trinajstić information content (AvgIpc) is 3.44. The van der Waals surface area contributed by atoms with E-state index in [4.69, 9.17) is 10.1 Å². The van der Waals surface area contributed by atoms with Crippen LogP contribution in [0.25, 0.3) is 5.69 Å². The molecule has 0 radical (unpaired) electrons. The largest absolute Gasteiger partial charge is 0.310 e. The van der Waals surface area contributed by atoms with E-state index in [2.05, 4.69) is 182 Å². The second-order valence-corrected chi connectivity index (χ2v) is 17.9. The summed E-state index contributed by atoms with van der Waals surface area (Å²) in [6.45, 7) is 25.6. The van der Waals surface area contributed by atoms with Gasteiger partial charge < -0.3 is 4.90 Å². The van der Waals surface area contributed by atoms with E-state index in [0.29, 0.717) is 0 Å². The molecule has 0 bridgehead atoms. The number of aromatic nitrogens is 3. The summed E-state index contributed by atoms with van der Waals surface area (Å²) in [4.78, 5) is 10.1. The minimum Gasteiger partial charge on any atom is -0.310 e. The fourth-order valence-corrected chi connectivity index (χ4v) is 9.31. The van der Waals surface area contributed by atoms with Crippen LogP contribution in [0.3, 0.4) is 0 Å². The molecule has 0 amide bonds. The van der Waals surface area contributed by atoms with Crippen LogP contribution in [0.1, 0.15) is 113 Å². The molecule has 5 heterocycles. The molecule has 0 aliphatic carbocycles. The van der Waals surface area contributed by atoms with E-state index in [9.17, 15) is 0 Å². The standard InChI is InChI=1S/C47H49N5/c1-28-22-29(2)52(49-28)32-17-14-16-31(25-32)50-39-20-13-12-18-33(39)45(6,7)35-26-36-41(27-40(35)50)51-42-37(46(8,9)34-19-15-21-48-43(34)51)23-30(44(3,4)5)24-38(42)47(36,10)11/h12-27H,1-11H3. The molecule has 0 N–H and O–H groups in total. The summed E-state index contributed by atoms with van der Waals surface area (Å²) in [6, 6.07) is 34.3. The average molecular weight is 684 g/mol. The molecule has 0 atom stereocenters. The molecule has 2 aromatic heterocycles. The van der Waals surface area contributed by atoms with Crippen molar-refractivity contribution in [3.63, 3.8) is 0 Å². The van der Waals surface area contributed by atoms with Crippen LogP contribution >= 0.6 is 0 Å². The molecule has 262 valence electrons. The lowest BCUT2D eigenvalue weighted by Gasteiger charge is -2.51. The summed E-state index contributed by atoms with van der Waals surface area (Å²) in [5, 5.41) is 4.85. The first-order valence-electron chi connectivity index (χ1n) is 18.7. The Hall–Kier alpha value is -5.16. The number of pyridine rings is 1. The van der Waals surface area contributed by atoms with Crippen molar-refractivity contribution >= 4 is 34.3 Å². The number of rotatable bonds is 2. The maximum atomic E-state index is 5.17. The Bertz CT molecular complexity index is 2470. The Kier molecular flexibility index (Phi) is 6.59. The number of hydrogen-bond acceptors (Lipinski definition) is 4.